The molecule has 0 unspecified atom stereocenters. The molecule has 0 atom stereocenters. The Morgan fingerprint density at radius 1 is 1.20 bits per heavy atom. The van der Waals surface area contributed by atoms with E-state index >= 15 is 0 Å². The average molecular weight is 405 g/mol. The molecule has 0 amide bonds. The summed E-state index contributed by atoms with van der Waals surface area (Å²) in [5.41, 5.74) is 1.72. The summed E-state index contributed by atoms with van der Waals surface area (Å²) >= 11 is 6.41. The number of anilines is 1. The number of nitrogens with one attached hydrogen (secondary N) is 1. The summed E-state index contributed by atoms with van der Waals surface area (Å²) in [6.07, 6.45) is 0. The van der Waals surface area contributed by atoms with E-state index in [2.05, 4.69) is 37.2 Å². The molecular formula is C14H12Br2FNO2. The highest BCUT2D eigenvalue weighted by molar-refractivity contribution is 9.10. The lowest BCUT2D eigenvalue weighted by molar-refractivity contribution is 0.371. The van der Waals surface area contributed by atoms with Gasteiger partial charge in [0, 0.05) is 12.2 Å². The van der Waals surface area contributed by atoms with Crippen molar-refractivity contribution in [2.24, 2.45) is 0 Å². The lowest BCUT2D eigenvalue weighted by Crippen LogP contribution is -2.00. The molecule has 2 rings (SSSR count). The predicted molar refractivity (Wildman–Crippen MR) is 83.8 cm³/mol. The molecule has 0 radical (unpaired) electrons. The first kappa shape index (κ1) is 15.1. The van der Waals surface area contributed by atoms with Crippen molar-refractivity contribution in [2.45, 2.75) is 6.54 Å². The lowest BCUT2D eigenvalue weighted by Gasteiger charge is -2.11. The fourth-order valence-corrected chi connectivity index (χ4v) is 2.56. The van der Waals surface area contributed by atoms with Crippen LogP contribution in [0.4, 0.5) is 10.1 Å². The summed E-state index contributed by atoms with van der Waals surface area (Å²) < 4.78 is 19.2. The van der Waals surface area contributed by atoms with Crippen LogP contribution in [0.3, 0.4) is 0 Å². The third kappa shape index (κ3) is 3.43. The number of ether oxygens (including phenoxy) is 1. The monoisotopic (exact) mass is 403 g/mol. The second-order valence-corrected chi connectivity index (χ2v) is 5.82. The highest BCUT2D eigenvalue weighted by Crippen LogP contribution is 2.35. The van der Waals surface area contributed by atoms with Crippen molar-refractivity contribution >= 4 is 37.5 Å². The molecule has 2 aromatic carbocycles. The maximum absolute atomic E-state index is 13.1. The van der Waals surface area contributed by atoms with E-state index in [1.165, 1.54) is 13.2 Å². The van der Waals surface area contributed by atoms with Gasteiger partial charge < -0.3 is 15.2 Å². The highest BCUT2D eigenvalue weighted by atomic mass is 79.9. The predicted octanol–water partition coefficient (Wildman–Crippen LogP) is 4.68. The third-order valence-electron chi connectivity index (χ3n) is 2.72. The summed E-state index contributed by atoms with van der Waals surface area (Å²) in [4.78, 5) is 0. The van der Waals surface area contributed by atoms with Crippen LogP contribution in [0.1, 0.15) is 5.56 Å². The van der Waals surface area contributed by atoms with Crippen LogP contribution in [0, 0.1) is 5.82 Å². The maximum atomic E-state index is 13.1. The van der Waals surface area contributed by atoms with Crippen molar-refractivity contribution < 1.29 is 14.2 Å². The van der Waals surface area contributed by atoms with E-state index < -0.39 is 0 Å². The zero-order chi connectivity index (χ0) is 14.7. The highest BCUT2D eigenvalue weighted by Gasteiger charge is 2.08. The number of halogens is 3. The first-order valence-corrected chi connectivity index (χ1v) is 7.34. The first-order chi connectivity index (χ1) is 9.51. The van der Waals surface area contributed by atoms with Crippen LogP contribution < -0.4 is 10.1 Å². The van der Waals surface area contributed by atoms with E-state index in [4.69, 9.17) is 4.74 Å². The number of aromatic hydroxyl groups is 1. The van der Waals surface area contributed by atoms with Gasteiger partial charge in [-0.3, -0.25) is 0 Å². The van der Waals surface area contributed by atoms with Gasteiger partial charge >= 0.3 is 0 Å². The number of hydrogen-bond acceptors (Lipinski definition) is 3. The van der Waals surface area contributed by atoms with Gasteiger partial charge in [0.15, 0.2) is 11.5 Å². The molecule has 0 bridgehead atoms. The molecule has 0 aliphatic carbocycles. The minimum atomic E-state index is -0.301. The van der Waals surface area contributed by atoms with E-state index in [0.29, 0.717) is 21.2 Å². The van der Waals surface area contributed by atoms with Crippen LogP contribution >= 0.6 is 31.9 Å². The topological polar surface area (TPSA) is 41.5 Å². The number of phenolic OH excluding ortho intramolecular Hbond substituents is 1. The second-order valence-electron chi connectivity index (χ2n) is 4.11. The van der Waals surface area contributed by atoms with Crippen LogP contribution in [0.5, 0.6) is 11.5 Å². The Hall–Kier alpha value is -1.27. The number of rotatable bonds is 4. The van der Waals surface area contributed by atoms with Crippen molar-refractivity contribution in [1.82, 2.24) is 0 Å². The Morgan fingerprint density at radius 2 is 1.95 bits per heavy atom. The van der Waals surface area contributed by atoms with E-state index in [-0.39, 0.29) is 11.6 Å². The molecule has 0 aliphatic heterocycles. The third-order valence-corrected chi connectivity index (χ3v) is 3.94. The van der Waals surface area contributed by atoms with Gasteiger partial charge in [0.25, 0.3) is 0 Å². The fraction of sp³-hybridized carbons (Fsp3) is 0.143. The quantitative estimate of drug-likeness (QED) is 0.777. The Labute approximate surface area is 133 Å². The van der Waals surface area contributed by atoms with E-state index in [1.807, 2.05) is 0 Å². The molecular weight excluding hydrogens is 393 g/mol. The Balaban J connectivity index is 2.14. The van der Waals surface area contributed by atoms with Gasteiger partial charge in [-0.25, -0.2) is 4.39 Å². The molecule has 2 aromatic rings. The van der Waals surface area contributed by atoms with E-state index in [9.17, 15) is 9.50 Å². The van der Waals surface area contributed by atoms with E-state index in [0.717, 1.165) is 11.3 Å². The maximum Gasteiger partial charge on any atom is 0.172 e. The Morgan fingerprint density at radius 3 is 2.60 bits per heavy atom. The summed E-state index contributed by atoms with van der Waals surface area (Å²) in [7, 11) is 1.50. The molecule has 3 nitrogen and oxygen atoms in total. The van der Waals surface area contributed by atoms with Crippen LogP contribution in [-0.2, 0) is 6.54 Å². The normalized spacial score (nSPS) is 10.4. The molecule has 0 fully saturated rings. The summed E-state index contributed by atoms with van der Waals surface area (Å²) in [5, 5.41) is 12.9. The minimum Gasteiger partial charge on any atom is -0.503 e. The van der Waals surface area contributed by atoms with Crippen molar-refractivity contribution in [2.75, 3.05) is 12.4 Å². The molecule has 2 N–H and O–H groups in total. The average Bonchev–Trinajstić information content (AvgIpc) is 2.43. The van der Waals surface area contributed by atoms with Gasteiger partial charge in [-0.15, -0.1) is 0 Å². The smallest absolute Gasteiger partial charge is 0.172 e. The van der Waals surface area contributed by atoms with Gasteiger partial charge in [-0.1, -0.05) is 0 Å². The van der Waals surface area contributed by atoms with Crippen LogP contribution in [0.15, 0.2) is 39.3 Å². The number of methoxy groups -OCH3 is 1. The minimum absolute atomic E-state index is 0.0702. The van der Waals surface area contributed by atoms with Crippen molar-refractivity contribution in [1.29, 1.82) is 0 Å². The van der Waals surface area contributed by atoms with Gasteiger partial charge in [0.05, 0.1) is 16.1 Å². The molecule has 0 heterocycles. The standard InChI is InChI=1S/C14H12Br2FNO2/c1-20-13-5-8(4-11(16)14(13)19)7-18-9-2-3-12(17)10(15)6-9/h2-6,18-19H,7H2,1H3. The van der Waals surface area contributed by atoms with Crippen LogP contribution in [0.2, 0.25) is 0 Å². The first-order valence-electron chi connectivity index (χ1n) is 5.75. The fourth-order valence-electron chi connectivity index (χ4n) is 1.70. The van der Waals surface area contributed by atoms with Gasteiger partial charge in [-0.2, -0.15) is 0 Å². The molecule has 0 aliphatic rings. The Bertz CT molecular complexity index is 635. The summed E-state index contributed by atoms with van der Waals surface area (Å²) in [6, 6.07) is 8.25. The second kappa shape index (κ2) is 6.45. The molecule has 106 valence electrons. The molecule has 0 saturated carbocycles. The van der Waals surface area contributed by atoms with Crippen molar-refractivity contribution in [3.63, 3.8) is 0 Å². The summed E-state index contributed by atoms with van der Waals surface area (Å²) in [5.74, 6) is 0.168. The zero-order valence-corrected chi connectivity index (χ0v) is 13.8. The van der Waals surface area contributed by atoms with Crippen molar-refractivity contribution in [3.05, 3.63) is 50.7 Å². The summed E-state index contributed by atoms with van der Waals surface area (Å²) in [6.45, 7) is 0.521. The molecule has 0 spiro atoms. The van der Waals surface area contributed by atoms with Crippen LogP contribution in [0.25, 0.3) is 0 Å². The SMILES string of the molecule is COc1cc(CNc2ccc(F)c(Br)c2)cc(Br)c1O. The zero-order valence-electron chi connectivity index (χ0n) is 10.6. The van der Waals surface area contributed by atoms with Gasteiger partial charge in [0.1, 0.15) is 5.82 Å². The molecule has 0 saturated heterocycles. The van der Waals surface area contributed by atoms with Crippen LogP contribution in [-0.4, -0.2) is 12.2 Å². The van der Waals surface area contributed by atoms with E-state index in [1.54, 1.807) is 24.3 Å². The molecule has 0 aromatic heterocycles. The number of hydrogen-bond donors (Lipinski definition) is 2. The molecule has 6 heteroatoms. The van der Waals surface area contributed by atoms with Gasteiger partial charge in [0.2, 0.25) is 0 Å². The van der Waals surface area contributed by atoms with Crippen molar-refractivity contribution in [3.8, 4) is 11.5 Å². The lowest BCUT2D eigenvalue weighted by atomic mass is 10.2. The van der Waals surface area contributed by atoms with Gasteiger partial charge in [-0.05, 0) is 67.8 Å². The number of benzene rings is 2. The number of phenols is 1. The Kier molecular flexibility index (Phi) is 4.88. The largest absolute Gasteiger partial charge is 0.503 e. The molecule has 20 heavy (non-hydrogen) atoms.